The molecule has 0 unspecified atom stereocenters. The first-order valence-electron chi connectivity index (χ1n) is 8.23. The van der Waals surface area contributed by atoms with Gasteiger partial charge in [0, 0.05) is 48.5 Å². The Hall–Kier alpha value is -2.38. The number of aromatic nitrogens is 3. The van der Waals surface area contributed by atoms with Crippen LogP contribution in [-0.4, -0.2) is 51.2 Å². The number of piperazine rings is 1. The van der Waals surface area contributed by atoms with Gasteiger partial charge in [-0.3, -0.25) is 9.78 Å². The topological polar surface area (TPSA) is 71.0 Å². The van der Waals surface area contributed by atoms with E-state index in [1.165, 1.54) is 0 Å². The van der Waals surface area contributed by atoms with E-state index in [4.69, 9.17) is 0 Å². The van der Waals surface area contributed by atoms with Crippen LogP contribution >= 0.6 is 11.3 Å². The average molecular weight is 353 g/mol. The Morgan fingerprint density at radius 3 is 2.88 bits per heavy atom. The lowest BCUT2D eigenvalue weighted by Gasteiger charge is -2.38. The minimum absolute atomic E-state index is 0.0690. The predicted octanol–water partition coefficient (Wildman–Crippen LogP) is 2.58. The molecule has 1 N–H and O–H groups in total. The van der Waals surface area contributed by atoms with Gasteiger partial charge in [0.2, 0.25) is 0 Å². The zero-order valence-corrected chi connectivity index (χ0v) is 15.0. The molecule has 0 atom stereocenters. The Kier molecular flexibility index (Phi) is 3.97. The van der Waals surface area contributed by atoms with E-state index in [1.807, 2.05) is 22.5 Å². The van der Waals surface area contributed by atoms with E-state index >= 15 is 0 Å². The van der Waals surface area contributed by atoms with E-state index in [-0.39, 0.29) is 11.4 Å². The molecule has 0 spiro atoms. The molecular formula is C18H19N5OS. The summed E-state index contributed by atoms with van der Waals surface area (Å²) < 4.78 is 1.11. The van der Waals surface area contributed by atoms with E-state index in [0.29, 0.717) is 18.8 Å². The molecule has 7 heteroatoms. The molecule has 1 saturated heterocycles. The van der Waals surface area contributed by atoms with E-state index in [0.717, 1.165) is 27.9 Å². The van der Waals surface area contributed by atoms with Crippen LogP contribution in [-0.2, 0) is 0 Å². The zero-order chi connectivity index (χ0) is 17.4. The van der Waals surface area contributed by atoms with Crippen molar-refractivity contribution in [3.8, 4) is 11.3 Å². The van der Waals surface area contributed by atoms with Crippen LogP contribution in [0.1, 0.15) is 24.3 Å². The van der Waals surface area contributed by atoms with Crippen LogP contribution in [0.3, 0.4) is 0 Å². The summed E-state index contributed by atoms with van der Waals surface area (Å²) in [5, 5.41) is 15.0. The predicted molar refractivity (Wildman–Crippen MR) is 98.6 cm³/mol. The summed E-state index contributed by atoms with van der Waals surface area (Å²) in [5.74, 6) is -0.0690. The molecule has 0 radical (unpaired) electrons. The van der Waals surface area contributed by atoms with Crippen LogP contribution in [0.15, 0.2) is 36.0 Å². The second-order valence-electron chi connectivity index (χ2n) is 6.86. The maximum absolute atomic E-state index is 12.7. The van der Waals surface area contributed by atoms with Crippen LogP contribution in [0.4, 0.5) is 0 Å². The van der Waals surface area contributed by atoms with Crippen LogP contribution in [0.25, 0.3) is 21.3 Å². The van der Waals surface area contributed by atoms with Crippen molar-refractivity contribution in [2.45, 2.75) is 19.4 Å². The van der Waals surface area contributed by atoms with Gasteiger partial charge in [0.05, 0.1) is 10.4 Å². The fourth-order valence-corrected chi connectivity index (χ4v) is 3.94. The molecule has 1 aliphatic heterocycles. The number of carbonyl (C=O) groups is 1. The maximum Gasteiger partial charge on any atom is 0.274 e. The molecule has 128 valence electrons. The van der Waals surface area contributed by atoms with Crippen molar-refractivity contribution in [2.75, 3.05) is 19.6 Å². The van der Waals surface area contributed by atoms with Crippen molar-refractivity contribution in [1.82, 2.24) is 25.4 Å². The monoisotopic (exact) mass is 353 g/mol. The maximum atomic E-state index is 12.7. The SMILES string of the molecule is CC1(C)CN(C(=O)c2ccc(-c3cncc4sccc34)nn2)CCN1. The molecule has 4 rings (SSSR count). The summed E-state index contributed by atoms with van der Waals surface area (Å²) >= 11 is 1.65. The molecule has 0 aromatic carbocycles. The molecule has 6 nitrogen and oxygen atoms in total. The lowest BCUT2D eigenvalue weighted by molar-refractivity contribution is 0.0645. The van der Waals surface area contributed by atoms with Crippen LogP contribution in [0.2, 0.25) is 0 Å². The smallest absolute Gasteiger partial charge is 0.274 e. The van der Waals surface area contributed by atoms with Gasteiger partial charge in [-0.2, -0.15) is 0 Å². The molecule has 0 bridgehead atoms. The highest BCUT2D eigenvalue weighted by atomic mass is 32.1. The number of amides is 1. The van der Waals surface area contributed by atoms with E-state index in [9.17, 15) is 4.79 Å². The van der Waals surface area contributed by atoms with Crippen LogP contribution in [0.5, 0.6) is 0 Å². The van der Waals surface area contributed by atoms with Gasteiger partial charge in [-0.1, -0.05) is 0 Å². The largest absolute Gasteiger partial charge is 0.334 e. The van der Waals surface area contributed by atoms with Gasteiger partial charge in [0.15, 0.2) is 5.69 Å². The summed E-state index contributed by atoms with van der Waals surface area (Å²) in [4.78, 5) is 18.8. The Labute approximate surface area is 149 Å². The second kappa shape index (κ2) is 6.16. The van der Waals surface area contributed by atoms with Gasteiger partial charge in [0.1, 0.15) is 0 Å². The fourth-order valence-electron chi connectivity index (χ4n) is 3.16. The highest BCUT2D eigenvalue weighted by Gasteiger charge is 2.29. The normalized spacial score (nSPS) is 17.0. The number of nitrogens with zero attached hydrogens (tertiary/aromatic N) is 4. The quantitative estimate of drug-likeness (QED) is 0.767. The number of thiophene rings is 1. The number of hydrogen-bond acceptors (Lipinski definition) is 6. The second-order valence-corrected chi connectivity index (χ2v) is 7.81. The number of pyridine rings is 1. The molecule has 3 aromatic rings. The lowest BCUT2D eigenvalue weighted by Crippen LogP contribution is -2.58. The standard InChI is InChI=1S/C18H19N5OS/c1-18(2)11-23(7-6-20-18)17(24)15-4-3-14(21-22-15)13-9-19-10-16-12(13)5-8-25-16/h3-5,8-10,20H,6-7,11H2,1-2H3. The highest BCUT2D eigenvalue weighted by Crippen LogP contribution is 2.29. The highest BCUT2D eigenvalue weighted by molar-refractivity contribution is 7.17. The van der Waals surface area contributed by atoms with Gasteiger partial charge < -0.3 is 10.2 Å². The zero-order valence-electron chi connectivity index (χ0n) is 14.2. The van der Waals surface area contributed by atoms with Crippen molar-refractivity contribution in [1.29, 1.82) is 0 Å². The van der Waals surface area contributed by atoms with E-state index < -0.39 is 0 Å². The van der Waals surface area contributed by atoms with Crippen LogP contribution in [0, 0.1) is 0 Å². The average Bonchev–Trinajstić information content (AvgIpc) is 3.09. The summed E-state index contributed by atoms with van der Waals surface area (Å²) in [5.41, 5.74) is 1.97. The molecule has 1 aliphatic rings. The molecule has 25 heavy (non-hydrogen) atoms. The van der Waals surface area contributed by atoms with Crippen molar-refractivity contribution in [3.05, 3.63) is 41.7 Å². The Morgan fingerprint density at radius 2 is 2.12 bits per heavy atom. The summed E-state index contributed by atoms with van der Waals surface area (Å²) in [7, 11) is 0. The van der Waals surface area contributed by atoms with E-state index in [2.05, 4.69) is 40.4 Å². The number of nitrogens with one attached hydrogen (secondary N) is 1. The van der Waals surface area contributed by atoms with E-state index in [1.54, 1.807) is 23.6 Å². The minimum Gasteiger partial charge on any atom is -0.334 e. The summed E-state index contributed by atoms with van der Waals surface area (Å²) in [6, 6.07) is 5.66. The van der Waals surface area contributed by atoms with Crippen LogP contribution < -0.4 is 5.32 Å². The molecular weight excluding hydrogens is 334 g/mol. The third-order valence-electron chi connectivity index (χ3n) is 4.40. The van der Waals surface area contributed by atoms with Gasteiger partial charge >= 0.3 is 0 Å². The first-order chi connectivity index (χ1) is 12.0. The number of carbonyl (C=O) groups excluding carboxylic acids is 1. The third-order valence-corrected chi connectivity index (χ3v) is 5.25. The van der Waals surface area contributed by atoms with Gasteiger partial charge in [0.25, 0.3) is 5.91 Å². The van der Waals surface area contributed by atoms with Gasteiger partial charge in [-0.15, -0.1) is 21.5 Å². The van der Waals surface area contributed by atoms with Gasteiger partial charge in [-0.05, 0) is 37.4 Å². The molecule has 1 fully saturated rings. The first kappa shape index (κ1) is 16.1. The Morgan fingerprint density at radius 1 is 1.24 bits per heavy atom. The molecule has 3 aromatic heterocycles. The molecule has 4 heterocycles. The summed E-state index contributed by atoms with van der Waals surface area (Å²) in [6.07, 6.45) is 3.64. The fraction of sp³-hybridized carbons (Fsp3) is 0.333. The Balaban J connectivity index is 1.60. The van der Waals surface area contributed by atoms with Crippen molar-refractivity contribution >= 4 is 27.3 Å². The molecule has 1 amide bonds. The third kappa shape index (κ3) is 3.12. The minimum atomic E-state index is -0.0818. The van der Waals surface area contributed by atoms with Crippen molar-refractivity contribution in [2.24, 2.45) is 0 Å². The number of hydrogen-bond donors (Lipinski definition) is 1. The van der Waals surface area contributed by atoms with Gasteiger partial charge in [-0.25, -0.2) is 0 Å². The molecule has 0 saturated carbocycles. The summed E-state index contributed by atoms with van der Waals surface area (Å²) in [6.45, 7) is 6.32. The molecule has 0 aliphatic carbocycles. The van der Waals surface area contributed by atoms with Crippen molar-refractivity contribution < 1.29 is 4.79 Å². The van der Waals surface area contributed by atoms with Crippen molar-refractivity contribution in [3.63, 3.8) is 0 Å². The number of rotatable bonds is 2. The number of fused-ring (bicyclic) bond motifs is 1. The Bertz CT molecular complexity index is 919. The lowest BCUT2D eigenvalue weighted by atomic mass is 10.0. The first-order valence-corrected chi connectivity index (χ1v) is 9.11.